The van der Waals surface area contributed by atoms with Gasteiger partial charge in [0, 0.05) is 30.2 Å². The van der Waals surface area contributed by atoms with Crippen molar-refractivity contribution >= 4 is 11.5 Å². The lowest BCUT2D eigenvalue weighted by molar-refractivity contribution is 0.101. The van der Waals surface area contributed by atoms with Gasteiger partial charge in [0.15, 0.2) is 11.6 Å². The second kappa shape index (κ2) is 7.12. The molecule has 1 aromatic heterocycles. The molecule has 0 aliphatic carbocycles. The molecule has 1 heterocycles. The molecule has 5 heteroatoms. The summed E-state index contributed by atoms with van der Waals surface area (Å²) >= 11 is 0. The summed E-state index contributed by atoms with van der Waals surface area (Å²) in [5.41, 5.74) is 6.02. The lowest BCUT2D eigenvalue weighted by Gasteiger charge is -2.17. The quantitative estimate of drug-likeness (QED) is 0.675. The van der Waals surface area contributed by atoms with Crippen LogP contribution < -0.4 is 5.32 Å². The minimum atomic E-state index is -0.347. The number of aryl methyl sites for hydroxylation is 2. The van der Waals surface area contributed by atoms with Gasteiger partial charge in [-0.25, -0.2) is 9.07 Å². The monoisotopic (exact) mass is 351 g/mol. The van der Waals surface area contributed by atoms with Gasteiger partial charge in [-0.1, -0.05) is 6.07 Å². The smallest absolute Gasteiger partial charge is 0.160 e. The first-order chi connectivity index (χ1) is 12.4. The van der Waals surface area contributed by atoms with E-state index in [1.54, 1.807) is 31.5 Å². The molecule has 0 spiro atoms. The van der Waals surface area contributed by atoms with Crippen LogP contribution in [-0.2, 0) is 6.54 Å². The van der Waals surface area contributed by atoms with E-state index in [-0.39, 0.29) is 11.6 Å². The molecule has 0 saturated heterocycles. The second-order valence-corrected chi connectivity index (χ2v) is 6.52. The molecule has 2 aromatic carbocycles. The first-order valence-corrected chi connectivity index (χ1v) is 8.52. The van der Waals surface area contributed by atoms with Gasteiger partial charge in [-0.15, -0.1) is 0 Å². The summed E-state index contributed by atoms with van der Waals surface area (Å²) in [7, 11) is 0. The number of benzene rings is 2. The number of hydrogen-bond donors (Lipinski definition) is 1. The van der Waals surface area contributed by atoms with Crippen molar-refractivity contribution in [2.75, 3.05) is 5.32 Å². The molecule has 3 aromatic rings. The number of anilines is 1. The van der Waals surface area contributed by atoms with Crippen LogP contribution >= 0.6 is 0 Å². The third-order valence-electron chi connectivity index (χ3n) is 4.65. The predicted octanol–water partition coefficient (Wildman–Crippen LogP) is 4.75. The molecule has 0 bridgehead atoms. The van der Waals surface area contributed by atoms with Gasteiger partial charge < -0.3 is 5.32 Å². The zero-order chi connectivity index (χ0) is 18.8. The maximum Gasteiger partial charge on any atom is 0.160 e. The molecule has 0 atom stereocenters. The number of halogens is 1. The Hall–Kier alpha value is -2.95. The highest BCUT2D eigenvalue weighted by molar-refractivity contribution is 5.97. The highest BCUT2D eigenvalue weighted by Crippen LogP contribution is 2.25. The molecule has 134 valence electrons. The van der Waals surface area contributed by atoms with Gasteiger partial charge in [-0.2, -0.15) is 5.10 Å². The molecule has 26 heavy (non-hydrogen) atoms. The van der Waals surface area contributed by atoms with E-state index in [2.05, 4.69) is 10.4 Å². The summed E-state index contributed by atoms with van der Waals surface area (Å²) in [6.07, 6.45) is 3.31. The highest BCUT2D eigenvalue weighted by atomic mass is 19.1. The summed E-state index contributed by atoms with van der Waals surface area (Å²) in [6, 6.07) is 8.76. The fraction of sp³-hybridized carbons (Fsp3) is 0.238. The van der Waals surface area contributed by atoms with Gasteiger partial charge in [-0.3, -0.25) is 4.79 Å². The molecular formula is C21H22FN3O. The first-order valence-electron chi connectivity index (χ1n) is 8.52. The summed E-state index contributed by atoms with van der Waals surface area (Å²) in [5, 5.41) is 7.31. The molecule has 1 N–H and O–H groups in total. The Morgan fingerprint density at radius 2 is 1.96 bits per heavy atom. The van der Waals surface area contributed by atoms with Gasteiger partial charge in [0.1, 0.15) is 5.69 Å². The minimum absolute atomic E-state index is 0.0656. The molecule has 4 nitrogen and oxygen atoms in total. The summed E-state index contributed by atoms with van der Waals surface area (Å²) in [4.78, 5) is 11.9. The van der Waals surface area contributed by atoms with Gasteiger partial charge in [0.25, 0.3) is 0 Å². The van der Waals surface area contributed by atoms with Gasteiger partial charge in [-0.05, 0) is 74.2 Å². The lowest BCUT2D eigenvalue weighted by Crippen LogP contribution is -2.10. The van der Waals surface area contributed by atoms with Gasteiger partial charge >= 0.3 is 0 Å². The molecule has 0 fully saturated rings. The molecule has 0 amide bonds. The Kier molecular flexibility index (Phi) is 4.89. The van der Waals surface area contributed by atoms with E-state index in [9.17, 15) is 9.18 Å². The number of nitrogens with one attached hydrogen (secondary N) is 1. The Labute approximate surface area is 152 Å². The average molecular weight is 351 g/mol. The van der Waals surface area contributed by atoms with Crippen molar-refractivity contribution in [3.8, 4) is 5.69 Å². The fourth-order valence-electron chi connectivity index (χ4n) is 3.44. The Morgan fingerprint density at radius 3 is 2.58 bits per heavy atom. The third-order valence-corrected chi connectivity index (χ3v) is 4.65. The van der Waals surface area contributed by atoms with E-state index in [1.807, 2.05) is 32.9 Å². The number of nitrogens with zero attached hydrogens (tertiary/aromatic N) is 2. The summed E-state index contributed by atoms with van der Waals surface area (Å²) < 4.78 is 15.9. The fourth-order valence-corrected chi connectivity index (χ4v) is 3.44. The van der Waals surface area contributed by atoms with Gasteiger partial charge in [0.2, 0.25) is 0 Å². The number of ketones is 1. The van der Waals surface area contributed by atoms with E-state index in [4.69, 9.17) is 0 Å². The zero-order valence-electron chi connectivity index (χ0n) is 15.4. The predicted molar refractivity (Wildman–Crippen MR) is 102 cm³/mol. The molecule has 0 unspecified atom stereocenters. The van der Waals surface area contributed by atoms with Crippen LogP contribution in [0.3, 0.4) is 0 Å². The van der Waals surface area contributed by atoms with Crippen molar-refractivity contribution in [1.82, 2.24) is 9.78 Å². The molecule has 0 aliphatic rings. The number of aromatic nitrogens is 2. The first kappa shape index (κ1) is 17.9. The SMILES string of the molecule is CC(=O)c1c(C)cc(C)c(CNc2ccc(-n3cccn3)c(F)c2)c1C. The van der Waals surface area contributed by atoms with Gasteiger partial charge in [0.05, 0.1) is 0 Å². The van der Waals surface area contributed by atoms with Crippen molar-refractivity contribution in [3.63, 3.8) is 0 Å². The largest absolute Gasteiger partial charge is 0.381 e. The molecule has 3 rings (SSSR count). The highest BCUT2D eigenvalue weighted by Gasteiger charge is 2.14. The minimum Gasteiger partial charge on any atom is -0.381 e. The topological polar surface area (TPSA) is 46.9 Å². The van der Waals surface area contributed by atoms with Crippen LogP contribution in [0.5, 0.6) is 0 Å². The van der Waals surface area contributed by atoms with Crippen LogP contribution in [0.4, 0.5) is 10.1 Å². The molecule has 0 radical (unpaired) electrons. The maximum absolute atomic E-state index is 14.4. The van der Waals surface area contributed by atoms with Crippen LogP contribution in [0, 0.1) is 26.6 Å². The van der Waals surface area contributed by atoms with Crippen LogP contribution in [0.25, 0.3) is 5.69 Å². The lowest BCUT2D eigenvalue weighted by atomic mass is 9.91. The van der Waals surface area contributed by atoms with Crippen LogP contribution in [0.15, 0.2) is 42.7 Å². The number of carbonyl (C=O) groups is 1. The van der Waals surface area contributed by atoms with E-state index in [0.717, 1.165) is 27.8 Å². The van der Waals surface area contributed by atoms with Crippen LogP contribution in [0.2, 0.25) is 0 Å². The number of carbonyl (C=O) groups excluding carboxylic acids is 1. The van der Waals surface area contributed by atoms with E-state index in [0.29, 0.717) is 17.9 Å². The Balaban J connectivity index is 1.85. The molecule has 0 aliphatic heterocycles. The van der Waals surface area contributed by atoms with Crippen molar-refractivity contribution in [2.24, 2.45) is 0 Å². The number of rotatable bonds is 5. The summed E-state index contributed by atoms with van der Waals surface area (Å²) in [6.45, 7) is 8.07. The van der Waals surface area contributed by atoms with Crippen LogP contribution in [-0.4, -0.2) is 15.6 Å². The maximum atomic E-state index is 14.4. The number of Topliss-reactive ketones (excluding diaryl/α,β-unsaturated/α-hetero) is 1. The average Bonchev–Trinajstić information content (AvgIpc) is 3.08. The molecular weight excluding hydrogens is 329 g/mol. The van der Waals surface area contributed by atoms with E-state index >= 15 is 0 Å². The second-order valence-electron chi connectivity index (χ2n) is 6.52. The van der Waals surface area contributed by atoms with Crippen molar-refractivity contribution < 1.29 is 9.18 Å². The molecule has 0 saturated carbocycles. The van der Waals surface area contributed by atoms with E-state index in [1.165, 1.54) is 10.7 Å². The van der Waals surface area contributed by atoms with Crippen LogP contribution in [0.1, 0.15) is 39.5 Å². The van der Waals surface area contributed by atoms with Crippen molar-refractivity contribution in [3.05, 3.63) is 76.4 Å². The van der Waals surface area contributed by atoms with Crippen molar-refractivity contribution in [2.45, 2.75) is 34.2 Å². The zero-order valence-corrected chi connectivity index (χ0v) is 15.4. The van der Waals surface area contributed by atoms with Crippen molar-refractivity contribution in [1.29, 1.82) is 0 Å². The summed E-state index contributed by atoms with van der Waals surface area (Å²) in [5.74, 6) is -0.281. The Morgan fingerprint density at radius 1 is 1.19 bits per heavy atom. The Bertz CT molecular complexity index is 962. The third kappa shape index (κ3) is 3.38. The van der Waals surface area contributed by atoms with E-state index < -0.39 is 0 Å². The standard InChI is InChI=1S/C21H22FN3O/c1-13-10-14(2)21(16(4)26)15(3)18(13)12-23-17-6-7-20(19(22)11-17)25-9-5-8-24-25/h5-11,23H,12H2,1-4H3. The normalized spacial score (nSPS) is 10.8. The number of hydrogen-bond acceptors (Lipinski definition) is 3.